The van der Waals surface area contributed by atoms with Crippen molar-refractivity contribution in [1.29, 1.82) is 0 Å². The average Bonchev–Trinajstić information content (AvgIpc) is 3.35. The van der Waals surface area contributed by atoms with Crippen molar-refractivity contribution in [1.82, 2.24) is 4.90 Å². The number of carbonyl (C=O) groups excluding carboxylic acids is 1. The zero-order chi connectivity index (χ0) is 17.1. The van der Waals surface area contributed by atoms with Gasteiger partial charge in [0.25, 0.3) is 0 Å². The minimum absolute atomic E-state index is 0.0267. The first-order valence-electron chi connectivity index (χ1n) is 8.26. The quantitative estimate of drug-likeness (QED) is 0.884. The number of nitrogens with zero attached hydrogens (tertiary/aromatic N) is 1. The Morgan fingerprint density at radius 3 is 2.75 bits per heavy atom. The highest BCUT2D eigenvalue weighted by atomic mass is 16.5. The third-order valence-corrected chi connectivity index (χ3v) is 4.36. The SMILES string of the molecule is COc1ccccc1[C@H]1C[C@H]1C(=O)Nc1cccc(CN(C)C)c1. The van der Waals surface area contributed by atoms with Crippen LogP contribution in [0.5, 0.6) is 5.75 Å². The number of benzene rings is 2. The van der Waals surface area contributed by atoms with Gasteiger partial charge in [-0.3, -0.25) is 4.79 Å². The average molecular weight is 324 g/mol. The number of amides is 1. The number of methoxy groups -OCH3 is 1. The first-order chi connectivity index (χ1) is 11.6. The number of para-hydroxylation sites is 1. The number of hydrogen-bond donors (Lipinski definition) is 1. The van der Waals surface area contributed by atoms with Crippen LogP contribution in [0.2, 0.25) is 0 Å². The van der Waals surface area contributed by atoms with E-state index in [0.717, 1.165) is 30.0 Å². The Kier molecular flexibility index (Phi) is 4.86. The second kappa shape index (κ2) is 7.05. The number of ether oxygens (including phenoxy) is 1. The van der Waals surface area contributed by atoms with Gasteiger partial charge in [0.15, 0.2) is 0 Å². The lowest BCUT2D eigenvalue weighted by Gasteiger charge is -2.12. The predicted molar refractivity (Wildman–Crippen MR) is 96.3 cm³/mol. The molecular formula is C20H24N2O2. The summed E-state index contributed by atoms with van der Waals surface area (Å²) in [6, 6.07) is 16.0. The van der Waals surface area contributed by atoms with Crippen molar-refractivity contribution in [2.45, 2.75) is 18.9 Å². The standard InChI is InChI=1S/C20H24N2O2/c1-22(2)13-14-7-6-8-15(11-14)21-20(23)18-12-17(18)16-9-4-5-10-19(16)24-3/h4-11,17-18H,12-13H2,1-3H3,(H,21,23)/t17-,18-/m1/s1. The van der Waals surface area contributed by atoms with E-state index in [9.17, 15) is 4.79 Å². The smallest absolute Gasteiger partial charge is 0.228 e. The number of rotatable bonds is 6. The van der Waals surface area contributed by atoms with Crippen molar-refractivity contribution in [3.8, 4) is 5.75 Å². The minimum atomic E-state index is 0.0267. The molecule has 0 aromatic heterocycles. The summed E-state index contributed by atoms with van der Waals surface area (Å²) in [5, 5.41) is 3.06. The van der Waals surface area contributed by atoms with Crippen LogP contribution < -0.4 is 10.1 Å². The van der Waals surface area contributed by atoms with Crippen molar-refractivity contribution in [2.24, 2.45) is 5.92 Å². The molecule has 0 unspecified atom stereocenters. The van der Waals surface area contributed by atoms with E-state index in [0.29, 0.717) is 0 Å². The summed E-state index contributed by atoms with van der Waals surface area (Å²) < 4.78 is 5.41. The van der Waals surface area contributed by atoms with E-state index in [2.05, 4.69) is 22.3 Å². The minimum Gasteiger partial charge on any atom is -0.496 e. The zero-order valence-electron chi connectivity index (χ0n) is 14.5. The Bertz CT molecular complexity index is 727. The van der Waals surface area contributed by atoms with Gasteiger partial charge in [-0.1, -0.05) is 30.3 Å². The molecule has 0 heterocycles. The maximum atomic E-state index is 12.5. The summed E-state index contributed by atoms with van der Waals surface area (Å²) >= 11 is 0. The van der Waals surface area contributed by atoms with Gasteiger partial charge in [-0.25, -0.2) is 0 Å². The summed E-state index contributed by atoms with van der Waals surface area (Å²) in [6.07, 6.45) is 0.879. The van der Waals surface area contributed by atoms with Crippen LogP contribution in [0.15, 0.2) is 48.5 Å². The van der Waals surface area contributed by atoms with E-state index < -0.39 is 0 Å². The van der Waals surface area contributed by atoms with Crippen LogP contribution in [0, 0.1) is 5.92 Å². The number of hydrogen-bond acceptors (Lipinski definition) is 3. The van der Waals surface area contributed by atoms with Crippen molar-refractivity contribution in [3.63, 3.8) is 0 Å². The molecule has 2 aromatic rings. The fourth-order valence-electron chi connectivity index (χ4n) is 3.15. The van der Waals surface area contributed by atoms with E-state index in [1.807, 2.05) is 50.5 Å². The van der Waals surface area contributed by atoms with E-state index in [1.54, 1.807) is 7.11 Å². The monoisotopic (exact) mass is 324 g/mol. The summed E-state index contributed by atoms with van der Waals surface area (Å²) in [5.41, 5.74) is 3.18. The van der Waals surface area contributed by atoms with Gasteiger partial charge in [-0.2, -0.15) is 0 Å². The van der Waals surface area contributed by atoms with Gasteiger partial charge in [0.2, 0.25) is 5.91 Å². The van der Waals surface area contributed by atoms with Crippen molar-refractivity contribution >= 4 is 11.6 Å². The fourth-order valence-corrected chi connectivity index (χ4v) is 3.15. The molecule has 0 radical (unpaired) electrons. The Morgan fingerprint density at radius 1 is 1.21 bits per heavy atom. The summed E-state index contributed by atoms with van der Waals surface area (Å²) in [6.45, 7) is 0.858. The first kappa shape index (κ1) is 16.5. The van der Waals surface area contributed by atoms with E-state index in [-0.39, 0.29) is 17.7 Å². The normalized spacial score (nSPS) is 19.2. The Balaban J connectivity index is 1.65. The molecule has 0 spiro atoms. The van der Waals surface area contributed by atoms with Crippen molar-refractivity contribution < 1.29 is 9.53 Å². The molecule has 2 atom stereocenters. The van der Waals surface area contributed by atoms with Crippen LogP contribution in [-0.4, -0.2) is 32.0 Å². The molecule has 2 aromatic carbocycles. The van der Waals surface area contributed by atoms with Crippen molar-refractivity contribution in [3.05, 3.63) is 59.7 Å². The van der Waals surface area contributed by atoms with Gasteiger partial charge >= 0.3 is 0 Å². The lowest BCUT2D eigenvalue weighted by Crippen LogP contribution is -2.15. The molecule has 1 fully saturated rings. The molecule has 24 heavy (non-hydrogen) atoms. The Morgan fingerprint density at radius 2 is 2.00 bits per heavy atom. The van der Waals surface area contributed by atoms with E-state index >= 15 is 0 Å². The van der Waals surface area contributed by atoms with Gasteiger partial charge < -0.3 is 15.0 Å². The van der Waals surface area contributed by atoms with Crippen LogP contribution in [0.4, 0.5) is 5.69 Å². The maximum Gasteiger partial charge on any atom is 0.228 e. The van der Waals surface area contributed by atoms with E-state index in [1.165, 1.54) is 5.56 Å². The Labute approximate surface area is 143 Å². The van der Waals surface area contributed by atoms with Gasteiger partial charge in [-0.05, 0) is 55.8 Å². The molecule has 4 nitrogen and oxygen atoms in total. The van der Waals surface area contributed by atoms with Gasteiger partial charge in [0, 0.05) is 18.2 Å². The molecule has 0 aliphatic heterocycles. The molecule has 126 valence electrons. The number of carbonyl (C=O) groups is 1. The first-order valence-corrected chi connectivity index (χ1v) is 8.26. The summed E-state index contributed by atoms with van der Waals surface area (Å²) in [4.78, 5) is 14.6. The van der Waals surface area contributed by atoms with Gasteiger partial charge in [0.05, 0.1) is 7.11 Å². The molecular weight excluding hydrogens is 300 g/mol. The molecule has 1 N–H and O–H groups in total. The van der Waals surface area contributed by atoms with Crippen LogP contribution in [0.25, 0.3) is 0 Å². The summed E-state index contributed by atoms with van der Waals surface area (Å²) in [7, 11) is 5.74. The van der Waals surface area contributed by atoms with Gasteiger partial charge in [0.1, 0.15) is 5.75 Å². The second-order valence-electron chi connectivity index (χ2n) is 6.62. The van der Waals surface area contributed by atoms with Crippen LogP contribution in [0.1, 0.15) is 23.5 Å². The molecule has 1 saturated carbocycles. The van der Waals surface area contributed by atoms with Crippen molar-refractivity contribution in [2.75, 3.05) is 26.5 Å². The highest BCUT2D eigenvalue weighted by Gasteiger charge is 2.45. The molecule has 0 saturated heterocycles. The highest BCUT2D eigenvalue weighted by Crippen LogP contribution is 2.50. The molecule has 4 heteroatoms. The topological polar surface area (TPSA) is 41.6 Å². The molecule has 0 bridgehead atoms. The lowest BCUT2D eigenvalue weighted by atomic mass is 10.1. The summed E-state index contributed by atoms with van der Waals surface area (Å²) in [5.74, 6) is 1.24. The lowest BCUT2D eigenvalue weighted by molar-refractivity contribution is -0.117. The zero-order valence-corrected chi connectivity index (χ0v) is 14.5. The maximum absolute atomic E-state index is 12.5. The fraction of sp³-hybridized carbons (Fsp3) is 0.350. The molecule has 1 aliphatic rings. The van der Waals surface area contributed by atoms with Crippen LogP contribution in [0.3, 0.4) is 0 Å². The Hall–Kier alpha value is -2.33. The van der Waals surface area contributed by atoms with Crippen LogP contribution in [-0.2, 0) is 11.3 Å². The van der Waals surface area contributed by atoms with E-state index in [4.69, 9.17) is 4.74 Å². The van der Waals surface area contributed by atoms with Crippen LogP contribution >= 0.6 is 0 Å². The molecule has 3 rings (SSSR count). The van der Waals surface area contributed by atoms with Gasteiger partial charge in [-0.15, -0.1) is 0 Å². The number of nitrogens with one attached hydrogen (secondary N) is 1. The second-order valence-corrected chi connectivity index (χ2v) is 6.62. The molecule has 1 amide bonds. The predicted octanol–water partition coefficient (Wildman–Crippen LogP) is 3.50. The third kappa shape index (κ3) is 3.77. The number of anilines is 1. The highest BCUT2D eigenvalue weighted by molar-refractivity contribution is 5.95. The third-order valence-electron chi connectivity index (χ3n) is 4.36. The largest absolute Gasteiger partial charge is 0.496 e. The molecule has 1 aliphatic carbocycles.